The molecule has 0 bridgehead atoms. The van der Waals surface area contributed by atoms with E-state index in [1.807, 2.05) is 19.2 Å². The van der Waals surface area contributed by atoms with Gasteiger partial charge < -0.3 is 10.1 Å². The standard InChI is InChI=1S/C14H22N2O/c1-4-17-14-9-13(10-15-11-14)7-5-6-8-16-12(2)3/h5,7,9-12,16H,4,6,8H2,1-3H3/b7-5+. The van der Waals surface area contributed by atoms with Crippen LogP contribution in [0.1, 0.15) is 32.8 Å². The van der Waals surface area contributed by atoms with Crippen LogP contribution in [0.4, 0.5) is 0 Å². The largest absolute Gasteiger partial charge is 0.492 e. The van der Waals surface area contributed by atoms with Crippen molar-refractivity contribution in [3.05, 3.63) is 30.1 Å². The van der Waals surface area contributed by atoms with Gasteiger partial charge in [-0.2, -0.15) is 0 Å². The maximum Gasteiger partial charge on any atom is 0.138 e. The fraction of sp³-hybridized carbons (Fsp3) is 0.500. The highest BCUT2D eigenvalue weighted by Gasteiger charge is 1.94. The topological polar surface area (TPSA) is 34.1 Å². The molecule has 0 aliphatic rings. The Morgan fingerprint density at radius 3 is 2.94 bits per heavy atom. The summed E-state index contributed by atoms with van der Waals surface area (Å²) in [5.74, 6) is 0.829. The molecule has 94 valence electrons. The predicted molar refractivity (Wildman–Crippen MR) is 72.2 cm³/mol. The lowest BCUT2D eigenvalue weighted by molar-refractivity contribution is 0.339. The van der Waals surface area contributed by atoms with E-state index in [1.54, 1.807) is 6.20 Å². The molecule has 1 N–H and O–H groups in total. The van der Waals surface area contributed by atoms with Crippen molar-refractivity contribution in [3.8, 4) is 5.75 Å². The first-order chi connectivity index (χ1) is 8.22. The monoisotopic (exact) mass is 234 g/mol. The highest BCUT2D eigenvalue weighted by Crippen LogP contribution is 2.12. The summed E-state index contributed by atoms with van der Waals surface area (Å²) in [6, 6.07) is 2.55. The minimum absolute atomic E-state index is 0.548. The van der Waals surface area contributed by atoms with Gasteiger partial charge >= 0.3 is 0 Å². The van der Waals surface area contributed by atoms with E-state index in [9.17, 15) is 0 Å². The molecule has 3 heteroatoms. The first-order valence-corrected chi connectivity index (χ1v) is 6.20. The summed E-state index contributed by atoms with van der Waals surface area (Å²) >= 11 is 0. The molecule has 1 aromatic heterocycles. The zero-order valence-electron chi connectivity index (χ0n) is 10.9. The van der Waals surface area contributed by atoms with Gasteiger partial charge in [-0.1, -0.05) is 26.0 Å². The van der Waals surface area contributed by atoms with Gasteiger partial charge in [0, 0.05) is 12.2 Å². The lowest BCUT2D eigenvalue weighted by Crippen LogP contribution is -2.23. The molecule has 0 amide bonds. The second kappa shape index (κ2) is 7.85. The highest BCUT2D eigenvalue weighted by atomic mass is 16.5. The summed E-state index contributed by atoms with van der Waals surface area (Å²) in [5.41, 5.74) is 1.08. The fourth-order valence-electron chi connectivity index (χ4n) is 1.45. The maximum atomic E-state index is 5.40. The van der Waals surface area contributed by atoms with Gasteiger partial charge in [0.2, 0.25) is 0 Å². The first kappa shape index (κ1) is 13.7. The minimum Gasteiger partial charge on any atom is -0.492 e. The summed E-state index contributed by atoms with van der Waals surface area (Å²) in [5, 5.41) is 3.37. The highest BCUT2D eigenvalue weighted by molar-refractivity contribution is 5.49. The van der Waals surface area contributed by atoms with Gasteiger partial charge in [-0.3, -0.25) is 4.98 Å². The normalized spacial score (nSPS) is 11.3. The molecule has 0 aliphatic heterocycles. The summed E-state index contributed by atoms with van der Waals surface area (Å²) in [6.45, 7) is 7.96. The molecule has 1 aromatic rings. The second-order valence-corrected chi connectivity index (χ2v) is 4.19. The van der Waals surface area contributed by atoms with Gasteiger partial charge in [0.25, 0.3) is 0 Å². The third-order valence-corrected chi connectivity index (χ3v) is 2.22. The lowest BCUT2D eigenvalue weighted by Gasteiger charge is -2.05. The Labute approximate surface area is 104 Å². The van der Waals surface area contributed by atoms with Crippen molar-refractivity contribution in [2.75, 3.05) is 13.2 Å². The minimum atomic E-state index is 0.548. The Balaban J connectivity index is 2.39. The number of pyridine rings is 1. The van der Waals surface area contributed by atoms with Gasteiger partial charge in [0.1, 0.15) is 5.75 Å². The van der Waals surface area contributed by atoms with Crippen molar-refractivity contribution in [1.29, 1.82) is 0 Å². The Bertz CT molecular complexity index is 348. The number of nitrogens with one attached hydrogen (secondary N) is 1. The Hall–Kier alpha value is -1.35. The van der Waals surface area contributed by atoms with Crippen LogP contribution in [0.25, 0.3) is 6.08 Å². The van der Waals surface area contributed by atoms with Crippen LogP contribution in [-0.4, -0.2) is 24.2 Å². The number of hydrogen-bond donors (Lipinski definition) is 1. The first-order valence-electron chi connectivity index (χ1n) is 6.20. The van der Waals surface area contributed by atoms with Gasteiger partial charge in [-0.25, -0.2) is 0 Å². The number of aromatic nitrogens is 1. The molecule has 0 aromatic carbocycles. The fourth-order valence-corrected chi connectivity index (χ4v) is 1.45. The quantitative estimate of drug-likeness (QED) is 0.737. The molecule has 0 saturated carbocycles. The van der Waals surface area contributed by atoms with Gasteiger partial charge in [0.15, 0.2) is 0 Å². The predicted octanol–water partition coefficient (Wildman–Crippen LogP) is 2.88. The third-order valence-electron chi connectivity index (χ3n) is 2.22. The average Bonchev–Trinajstić information content (AvgIpc) is 2.29. The Kier molecular flexibility index (Phi) is 6.33. The van der Waals surface area contributed by atoms with E-state index in [0.29, 0.717) is 12.6 Å². The Morgan fingerprint density at radius 1 is 1.41 bits per heavy atom. The van der Waals surface area contributed by atoms with Crippen LogP contribution in [0.3, 0.4) is 0 Å². The molecule has 17 heavy (non-hydrogen) atoms. The van der Waals surface area contributed by atoms with E-state index in [2.05, 4.69) is 36.3 Å². The zero-order chi connectivity index (χ0) is 12.5. The summed E-state index contributed by atoms with van der Waals surface area (Å²) < 4.78 is 5.40. The number of rotatable bonds is 7. The molecule has 0 saturated heterocycles. The van der Waals surface area contributed by atoms with Gasteiger partial charge in [0.05, 0.1) is 12.8 Å². The summed E-state index contributed by atoms with van der Waals surface area (Å²) in [6.07, 6.45) is 8.84. The van der Waals surface area contributed by atoms with Crippen molar-refractivity contribution < 1.29 is 4.74 Å². The zero-order valence-corrected chi connectivity index (χ0v) is 10.9. The van der Waals surface area contributed by atoms with Crippen LogP contribution in [0.15, 0.2) is 24.5 Å². The van der Waals surface area contributed by atoms with Crippen LogP contribution < -0.4 is 10.1 Å². The molecule has 0 atom stereocenters. The summed E-state index contributed by atoms with van der Waals surface area (Å²) in [4.78, 5) is 4.14. The van der Waals surface area contributed by atoms with Gasteiger partial charge in [-0.15, -0.1) is 0 Å². The molecule has 0 aliphatic carbocycles. The van der Waals surface area contributed by atoms with Crippen LogP contribution >= 0.6 is 0 Å². The van der Waals surface area contributed by atoms with E-state index >= 15 is 0 Å². The van der Waals surface area contributed by atoms with E-state index < -0.39 is 0 Å². The van der Waals surface area contributed by atoms with Gasteiger partial charge in [-0.05, 0) is 31.5 Å². The smallest absolute Gasteiger partial charge is 0.138 e. The van der Waals surface area contributed by atoms with Crippen molar-refractivity contribution in [3.63, 3.8) is 0 Å². The molecule has 0 spiro atoms. The van der Waals surface area contributed by atoms with E-state index in [-0.39, 0.29) is 0 Å². The van der Waals surface area contributed by atoms with E-state index in [1.165, 1.54) is 0 Å². The molecule has 1 heterocycles. The Morgan fingerprint density at radius 2 is 2.24 bits per heavy atom. The molecule has 1 rings (SSSR count). The van der Waals surface area contributed by atoms with Crippen LogP contribution in [0.2, 0.25) is 0 Å². The molecular formula is C14H22N2O. The van der Waals surface area contributed by atoms with E-state index in [0.717, 1.165) is 24.3 Å². The third kappa shape index (κ3) is 6.07. The summed E-state index contributed by atoms with van der Waals surface area (Å²) in [7, 11) is 0. The molecular weight excluding hydrogens is 212 g/mol. The second-order valence-electron chi connectivity index (χ2n) is 4.19. The van der Waals surface area contributed by atoms with Crippen molar-refractivity contribution in [2.24, 2.45) is 0 Å². The molecule has 0 fully saturated rings. The number of nitrogens with zero attached hydrogens (tertiary/aromatic N) is 1. The van der Waals surface area contributed by atoms with Crippen LogP contribution in [0, 0.1) is 0 Å². The SMILES string of the molecule is CCOc1cncc(/C=C/CCNC(C)C)c1. The van der Waals surface area contributed by atoms with Crippen LogP contribution in [0.5, 0.6) is 5.75 Å². The number of ether oxygens (including phenoxy) is 1. The molecule has 3 nitrogen and oxygen atoms in total. The molecule has 0 unspecified atom stereocenters. The van der Waals surface area contributed by atoms with Crippen molar-refractivity contribution >= 4 is 6.08 Å². The van der Waals surface area contributed by atoms with Crippen LogP contribution in [-0.2, 0) is 0 Å². The maximum absolute atomic E-state index is 5.40. The lowest BCUT2D eigenvalue weighted by atomic mass is 10.2. The van der Waals surface area contributed by atoms with Crippen molar-refractivity contribution in [2.45, 2.75) is 33.2 Å². The molecule has 0 radical (unpaired) electrons. The van der Waals surface area contributed by atoms with E-state index in [4.69, 9.17) is 4.74 Å². The average molecular weight is 234 g/mol. The van der Waals surface area contributed by atoms with Crippen molar-refractivity contribution in [1.82, 2.24) is 10.3 Å². The number of hydrogen-bond acceptors (Lipinski definition) is 3.